The first kappa shape index (κ1) is 14.2. The topological polar surface area (TPSA) is 29.1 Å². The predicted molar refractivity (Wildman–Crippen MR) is 75.1 cm³/mol. The second-order valence-electron chi connectivity index (χ2n) is 4.70. The zero-order chi connectivity index (χ0) is 14.7. The van der Waals surface area contributed by atoms with Gasteiger partial charge in [-0.25, -0.2) is 8.78 Å². The highest BCUT2D eigenvalue weighted by Crippen LogP contribution is 2.15. The Balaban J connectivity index is 2.08. The maximum Gasteiger partial charge on any atom is 0.184 e. The Morgan fingerprint density at radius 3 is 2.50 bits per heavy atom. The summed E-state index contributed by atoms with van der Waals surface area (Å²) in [4.78, 5) is 11.9. The Bertz CT molecular complexity index is 653. The van der Waals surface area contributed by atoms with Gasteiger partial charge in [0.1, 0.15) is 11.6 Å². The van der Waals surface area contributed by atoms with Gasteiger partial charge in [0, 0.05) is 5.69 Å². The molecule has 0 aromatic heterocycles. The molecule has 2 aromatic carbocycles. The number of nitrogens with one attached hydrogen (secondary N) is 1. The molecule has 0 saturated heterocycles. The molecule has 0 amide bonds. The molecule has 0 bridgehead atoms. The van der Waals surface area contributed by atoms with E-state index in [-0.39, 0.29) is 12.1 Å². The fraction of sp³-hybridized carbons (Fsp3) is 0.188. The molecule has 0 radical (unpaired) electrons. The second-order valence-corrected chi connectivity index (χ2v) is 4.70. The van der Waals surface area contributed by atoms with Crippen LogP contribution in [0.5, 0.6) is 0 Å². The SMILES string of the molecule is Cc1ccc(NCC(=O)c2cc(F)ccc2F)cc1C. The van der Waals surface area contributed by atoms with E-state index in [2.05, 4.69) is 5.32 Å². The van der Waals surface area contributed by atoms with E-state index >= 15 is 0 Å². The van der Waals surface area contributed by atoms with E-state index in [0.29, 0.717) is 0 Å². The highest BCUT2D eigenvalue weighted by molar-refractivity contribution is 5.99. The Morgan fingerprint density at radius 2 is 1.80 bits per heavy atom. The van der Waals surface area contributed by atoms with Crippen molar-refractivity contribution in [2.24, 2.45) is 0 Å². The molecule has 2 rings (SSSR count). The third-order valence-corrected chi connectivity index (χ3v) is 3.19. The number of ketones is 1. The van der Waals surface area contributed by atoms with E-state index < -0.39 is 17.4 Å². The average Bonchev–Trinajstić information content (AvgIpc) is 2.42. The van der Waals surface area contributed by atoms with Crippen LogP contribution in [0.1, 0.15) is 21.5 Å². The molecule has 2 aromatic rings. The van der Waals surface area contributed by atoms with Crippen LogP contribution in [-0.2, 0) is 0 Å². The van der Waals surface area contributed by atoms with Gasteiger partial charge in [-0.05, 0) is 55.3 Å². The quantitative estimate of drug-likeness (QED) is 0.858. The van der Waals surface area contributed by atoms with Crippen molar-refractivity contribution in [1.82, 2.24) is 0 Å². The molecule has 0 unspecified atom stereocenters. The molecule has 4 heteroatoms. The largest absolute Gasteiger partial charge is 0.378 e. The molecule has 0 heterocycles. The molecule has 1 N–H and O–H groups in total. The summed E-state index contributed by atoms with van der Waals surface area (Å²) in [5.41, 5.74) is 2.79. The molecular formula is C16H15F2NO. The van der Waals surface area contributed by atoms with Crippen molar-refractivity contribution < 1.29 is 13.6 Å². The number of benzene rings is 2. The van der Waals surface area contributed by atoms with Gasteiger partial charge in [0.2, 0.25) is 0 Å². The Labute approximate surface area is 116 Å². The van der Waals surface area contributed by atoms with Crippen molar-refractivity contribution >= 4 is 11.5 Å². The average molecular weight is 275 g/mol. The van der Waals surface area contributed by atoms with Gasteiger partial charge in [0.15, 0.2) is 5.78 Å². The first-order valence-corrected chi connectivity index (χ1v) is 6.27. The number of anilines is 1. The van der Waals surface area contributed by atoms with E-state index in [1.165, 1.54) is 0 Å². The normalized spacial score (nSPS) is 10.4. The van der Waals surface area contributed by atoms with Gasteiger partial charge < -0.3 is 5.32 Å². The maximum atomic E-state index is 13.4. The van der Waals surface area contributed by atoms with Crippen molar-refractivity contribution in [2.45, 2.75) is 13.8 Å². The lowest BCUT2D eigenvalue weighted by atomic mass is 10.1. The first-order valence-electron chi connectivity index (χ1n) is 6.27. The van der Waals surface area contributed by atoms with E-state index in [4.69, 9.17) is 0 Å². The molecule has 0 fully saturated rings. The van der Waals surface area contributed by atoms with Gasteiger partial charge in [-0.15, -0.1) is 0 Å². The van der Waals surface area contributed by atoms with Crippen LogP contribution in [0, 0.1) is 25.5 Å². The van der Waals surface area contributed by atoms with Gasteiger partial charge in [-0.1, -0.05) is 6.07 Å². The molecule has 20 heavy (non-hydrogen) atoms. The molecule has 0 spiro atoms. The van der Waals surface area contributed by atoms with Gasteiger partial charge in [-0.2, -0.15) is 0 Å². The molecule has 0 aliphatic carbocycles. The number of hydrogen-bond acceptors (Lipinski definition) is 2. The Morgan fingerprint density at radius 1 is 1.05 bits per heavy atom. The van der Waals surface area contributed by atoms with Crippen LogP contribution < -0.4 is 5.32 Å². The molecule has 0 saturated carbocycles. The number of carbonyl (C=O) groups excluding carboxylic acids is 1. The molecule has 0 aliphatic heterocycles. The van der Waals surface area contributed by atoms with Crippen LogP contribution in [0.15, 0.2) is 36.4 Å². The summed E-state index contributed by atoms with van der Waals surface area (Å²) in [6.07, 6.45) is 0. The number of halogens is 2. The summed E-state index contributed by atoms with van der Waals surface area (Å²) in [7, 11) is 0. The van der Waals surface area contributed by atoms with Crippen molar-refractivity contribution in [2.75, 3.05) is 11.9 Å². The Hall–Kier alpha value is -2.23. The number of rotatable bonds is 4. The second kappa shape index (κ2) is 5.82. The highest BCUT2D eigenvalue weighted by atomic mass is 19.1. The lowest BCUT2D eigenvalue weighted by molar-refractivity contribution is 0.100. The van der Waals surface area contributed by atoms with Gasteiger partial charge in [0.05, 0.1) is 12.1 Å². The molecule has 0 atom stereocenters. The first-order chi connectivity index (χ1) is 9.47. The number of carbonyl (C=O) groups is 1. The lowest BCUT2D eigenvalue weighted by Gasteiger charge is -2.08. The van der Waals surface area contributed by atoms with E-state index in [0.717, 1.165) is 35.0 Å². The van der Waals surface area contributed by atoms with Gasteiger partial charge >= 0.3 is 0 Å². The van der Waals surface area contributed by atoms with Crippen LogP contribution in [-0.4, -0.2) is 12.3 Å². The fourth-order valence-corrected chi connectivity index (χ4v) is 1.84. The van der Waals surface area contributed by atoms with Crippen molar-refractivity contribution in [3.8, 4) is 0 Å². The van der Waals surface area contributed by atoms with Crippen LogP contribution >= 0.6 is 0 Å². The van der Waals surface area contributed by atoms with Gasteiger partial charge in [0.25, 0.3) is 0 Å². The zero-order valence-electron chi connectivity index (χ0n) is 11.3. The number of hydrogen-bond donors (Lipinski definition) is 1. The molecule has 104 valence electrons. The minimum absolute atomic E-state index is 0.0805. The monoisotopic (exact) mass is 275 g/mol. The summed E-state index contributed by atoms with van der Waals surface area (Å²) in [5, 5.41) is 2.92. The van der Waals surface area contributed by atoms with Crippen LogP contribution in [0.2, 0.25) is 0 Å². The van der Waals surface area contributed by atoms with Gasteiger partial charge in [-0.3, -0.25) is 4.79 Å². The van der Waals surface area contributed by atoms with E-state index in [1.54, 1.807) is 0 Å². The summed E-state index contributed by atoms with van der Waals surface area (Å²) < 4.78 is 26.5. The van der Waals surface area contributed by atoms with Crippen molar-refractivity contribution in [3.05, 3.63) is 64.7 Å². The fourth-order valence-electron chi connectivity index (χ4n) is 1.84. The zero-order valence-corrected chi connectivity index (χ0v) is 11.3. The predicted octanol–water partition coefficient (Wildman–Crippen LogP) is 3.88. The highest BCUT2D eigenvalue weighted by Gasteiger charge is 2.12. The summed E-state index contributed by atoms with van der Waals surface area (Å²) >= 11 is 0. The van der Waals surface area contributed by atoms with Crippen LogP contribution in [0.3, 0.4) is 0 Å². The standard InChI is InChI=1S/C16H15F2NO/c1-10-3-5-13(7-11(10)2)19-9-16(20)14-8-12(17)4-6-15(14)18/h3-8,19H,9H2,1-2H3. The minimum Gasteiger partial charge on any atom is -0.378 e. The third-order valence-electron chi connectivity index (χ3n) is 3.19. The maximum absolute atomic E-state index is 13.4. The Kier molecular flexibility index (Phi) is 4.13. The molecule has 2 nitrogen and oxygen atoms in total. The van der Waals surface area contributed by atoms with E-state index in [9.17, 15) is 13.6 Å². The smallest absolute Gasteiger partial charge is 0.184 e. The lowest BCUT2D eigenvalue weighted by Crippen LogP contribution is -2.15. The van der Waals surface area contributed by atoms with E-state index in [1.807, 2.05) is 32.0 Å². The summed E-state index contributed by atoms with van der Waals surface area (Å²) in [6.45, 7) is 3.88. The van der Waals surface area contributed by atoms with Crippen LogP contribution in [0.25, 0.3) is 0 Å². The number of aryl methyl sites for hydroxylation is 2. The molecular weight excluding hydrogens is 260 g/mol. The van der Waals surface area contributed by atoms with Crippen LogP contribution in [0.4, 0.5) is 14.5 Å². The van der Waals surface area contributed by atoms with Crippen molar-refractivity contribution in [1.29, 1.82) is 0 Å². The third kappa shape index (κ3) is 3.20. The molecule has 0 aliphatic rings. The summed E-state index contributed by atoms with van der Waals surface area (Å²) in [6, 6.07) is 8.55. The number of Topliss-reactive ketones (excluding diaryl/α,β-unsaturated/α-hetero) is 1. The summed E-state index contributed by atoms with van der Waals surface area (Å²) in [5.74, 6) is -1.82. The minimum atomic E-state index is -0.710. The van der Waals surface area contributed by atoms with Crippen molar-refractivity contribution in [3.63, 3.8) is 0 Å².